The van der Waals surface area contributed by atoms with Gasteiger partial charge in [-0.25, -0.2) is 0 Å². The number of halogens is 1. The van der Waals surface area contributed by atoms with Crippen molar-refractivity contribution in [1.29, 1.82) is 0 Å². The molecule has 2 rings (SSSR count). The third-order valence-electron chi connectivity index (χ3n) is 3.01. The molecule has 1 aromatic heterocycles. The molecule has 0 radical (unpaired) electrons. The molecule has 0 amide bonds. The van der Waals surface area contributed by atoms with Crippen LogP contribution in [0.2, 0.25) is 0 Å². The molecule has 0 spiro atoms. The van der Waals surface area contributed by atoms with Crippen LogP contribution < -0.4 is 15.0 Å². The van der Waals surface area contributed by atoms with Gasteiger partial charge in [-0.1, -0.05) is 11.8 Å². The summed E-state index contributed by atoms with van der Waals surface area (Å²) in [6.45, 7) is 4.02. The van der Waals surface area contributed by atoms with Gasteiger partial charge in [0.2, 0.25) is 5.16 Å². The van der Waals surface area contributed by atoms with E-state index in [9.17, 15) is 4.79 Å². The highest BCUT2D eigenvalue weighted by Crippen LogP contribution is 2.36. The first-order valence-corrected chi connectivity index (χ1v) is 9.08. The van der Waals surface area contributed by atoms with Crippen LogP contribution >= 0.6 is 27.7 Å². The molecule has 0 fully saturated rings. The lowest BCUT2D eigenvalue weighted by molar-refractivity contribution is 0.309. The minimum Gasteiger partial charge on any atom is -0.493 e. The third kappa shape index (κ3) is 3.96. The molecule has 0 bridgehead atoms. The van der Waals surface area contributed by atoms with Crippen LogP contribution in [0.4, 0.5) is 0 Å². The average molecular weight is 413 g/mol. The fourth-order valence-corrected chi connectivity index (χ4v) is 2.89. The summed E-state index contributed by atoms with van der Waals surface area (Å²) in [5.74, 6) is 1.20. The molecule has 9 heteroatoms. The number of ether oxygens (including phenoxy) is 2. The fourth-order valence-electron chi connectivity index (χ4n) is 1.90. The van der Waals surface area contributed by atoms with Gasteiger partial charge in [-0.3, -0.25) is 4.79 Å². The van der Waals surface area contributed by atoms with Gasteiger partial charge in [-0.05, 0) is 53.7 Å². The van der Waals surface area contributed by atoms with Gasteiger partial charge in [-0.15, -0.1) is 10.2 Å². The number of hydrogen-bond donors (Lipinski definition) is 0. The van der Waals surface area contributed by atoms with Gasteiger partial charge < -0.3 is 9.47 Å². The first kappa shape index (κ1) is 18.5. The normalized spacial score (nSPS) is 11.0. The predicted molar refractivity (Wildman–Crippen MR) is 97.7 cm³/mol. The molecule has 0 aliphatic rings. The van der Waals surface area contributed by atoms with Crippen molar-refractivity contribution in [3.05, 3.63) is 38.2 Å². The van der Waals surface area contributed by atoms with Crippen molar-refractivity contribution in [2.24, 2.45) is 5.10 Å². The molecule has 0 N–H and O–H groups in total. The number of aryl methyl sites for hydroxylation is 1. The van der Waals surface area contributed by atoms with Crippen molar-refractivity contribution < 1.29 is 9.47 Å². The Morgan fingerprint density at radius 2 is 2.17 bits per heavy atom. The monoisotopic (exact) mass is 412 g/mol. The van der Waals surface area contributed by atoms with Crippen LogP contribution in [0.15, 0.2) is 31.7 Å². The van der Waals surface area contributed by atoms with E-state index in [0.29, 0.717) is 23.3 Å². The average Bonchev–Trinajstić information content (AvgIpc) is 2.58. The lowest BCUT2D eigenvalue weighted by Gasteiger charge is -2.12. The van der Waals surface area contributed by atoms with E-state index in [4.69, 9.17) is 9.47 Å². The number of methoxy groups -OCH3 is 1. The summed E-state index contributed by atoms with van der Waals surface area (Å²) >= 11 is 4.75. The Bertz CT molecular complexity index is 823. The lowest BCUT2D eigenvalue weighted by Crippen LogP contribution is -2.23. The maximum Gasteiger partial charge on any atom is 0.296 e. The molecular weight excluding hydrogens is 396 g/mol. The summed E-state index contributed by atoms with van der Waals surface area (Å²) in [4.78, 5) is 12.2. The molecule has 2 aromatic rings. The highest BCUT2D eigenvalue weighted by atomic mass is 79.9. The zero-order chi connectivity index (χ0) is 17.7. The van der Waals surface area contributed by atoms with E-state index < -0.39 is 0 Å². The van der Waals surface area contributed by atoms with Gasteiger partial charge in [-0.2, -0.15) is 9.78 Å². The summed E-state index contributed by atoms with van der Waals surface area (Å²) in [7, 11) is 1.57. The molecular formula is C15H17BrN4O3S. The van der Waals surface area contributed by atoms with Gasteiger partial charge in [0.15, 0.2) is 11.5 Å². The minimum absolute atomic E-state index is 0.287. The van der Waals surface area contributed by atoms with E-state index in [1.54, 1.807) is 32.6 Å². The molecule has 1 heterocycles. The van der Waals surface area contributed by atoms with Crippen molar-refractivity contribution in [1.82, 2.24) is 14.9 Å². The van der Waals surface area contributed by atoms with Gasteiger partial charge in [0.05, 0.1) is 24.4 Å². The van der Waals surface area contributed by atoms with Crippen molar-refractivity contribution in [2.45, 2.75) is 19.0 Å². The molecule has 0 saturated carbocycles. The first-order chi connectivity index (χ1) is 11.5. The van der Waals surface area contributed by atoms with E-state index in [2.05, 4.69) is 31.2 Å². The smallest absolute Gasteiger partial charge is 0.296 e. The zero-order valence-electron chi connectivity index (χ0n) is 13.7. The molecule has 0 aliphatic heterocycles. The standard InChI is InChI=1S/C15H17BrN4O3S/c1-5-23-13-11(16)6-10(7-12(13)22-3)8-17-20-14(21)9(2)18-19-15(20)24-4/h6-8H,5H2,1-4H3/b17-8-. The second-order valence-electron chi connectivity index (χ2n) is 4.60. The molecule has 0 unspecified atom stereocenters. The molecule has 0 saturated heterocycles. The minimum atomic E-state index is -0.303. The Hall–Kier alpha value is -1.87. The van der Waals surface area contributed by atoms with Gasteiger partial charge in [0.1, 0.15) is 5.69 Å². The number of nitrogens with zero attached hydrogens (tertiary/aromatic N) is 4. The molecule has 24 heavy (non-hydrogen) atoms. The molecule has 128 valence electrons. The summed E-state index contributed by atoms with van der Waals surface area (Å²) in [6, 6.07) is 3.62. The second kappa shape index (κ2) is 8.29. The number of aromatic nitrogens is 3. The van der Waals surface area contributed by atoms with E-state index in [1.165, 1.54) is 16.4 Å². The summed E-state index contributed by atoms with van der Waals surface area (Å²) in [5.41, 5.74) is 0.730. The Labute approximate surface area is 152 Å². The van der Waals surface area contributed by atoms with E-state index >= 15 is 0 Å². The molecule has 7 nitrogen and oxygen atoms in total. The Balaban J connectivity index is 2.45. The fraction of sp³-hybridized carbons (Fsp3) is 0.333. The van der Waals surface area contributed by atoms with E-state index in [-0.39, 0.29) is 11.3 Å². The van der Waals surface area contributed by atoms with Crippen LogP contribution in [0.5, 0.6) is 11.5 Å². The van der Waals surface area contributed by atoms with Crippen LogP contribution in [-0.4, -0.2) is 41.1 Å². The molecule has 0 atom stereocenters. The summed E-state index contributed by atoms with van der Waals surface area (Å²) in [6.07, 6.45) is 3.37. The van der Waals surface area contributed by atoms with Crippen molar-refractivity contribution in [3.8, 4) is 11.5 Å². The van der Waals surface area contributed by atoms with Gasteiger partial charge in [0.25, 0.3) is 5.56 Å². The Morgan fingerprint density at radius 3 is 2.79 bits per heavy atom. The van der Waals surface area contributed by atoms with Crippen molar-refractivity contribution in [3.63, 3.8) is 0 Å². The maximum absolute atomic E-state index is 12.2. The number of benzene rings is 1. The zero-order valence-corrected chi connectivity index (χ0v) is 16.1. The quantitative estimate of drug-likeness (QED) is 0.535. The van der Waals surface area contributed by atoms with Crippen LogP contribution in [0.3, 0.4) is 0 Å². The Morgan fingerprint density at radius 1 is 1.42 bits per heavy atom. The summed E-state index contributed by atoms with van der Waals surface area (Å²) < 4.78 is 12.9. The predicted octanol–water partition coefficient (Wildman–Crippen LogP) is 2.72. The first-order valence-electron chi connectivity index (χ1n) is 7.06. The van der Waals surface area contributed by atoms with Crippen LogP contribution in [0.1, 0.15) is 18.2 Å². The lowest BCUT2D eigenvalue weighted by atomic mass is 10.2. The maximum atomic E-state index is 12.2. The highest BCUT2D eigenvalue weighted by Gasteiger charge is 2.11. The van der Waals surface area contributed by atoms with Crippen molar-refractivity contribution >= 4 is 33.9 Å². The van der Waals surface area contributed by atoms with E-state index in [0.717, 1.165) is 10.0 Å². The van der Waals surface area contributed by atoms with Gasteiger partial charge >= 0.3 is 0 Å². The van der Waals surface area contributed by atoms with Crippen LogP contribution in [0.25, 0.3) is 0 Å². The molecule has 0 aliphatic carbocycles. The van der Waals surface area contributed by atoms with E-state index in [1.807, 2.05) is 13.0 Å². The molecule has 1 aromatic carbocycles. The second-order valence-corrected chi connectivity index (χ2v) is 6.23. The van der Waals surface area contributed by atoms with Crippen LogP contribution in [-0.2, 0) is 0 Å². The topological polar surface area (TPSA) is 78.6 Å². The largest absolute Gasteiger partial charge is 0.493 e. The van der Waals surface area contributed by atoms with Crippen molar-refractivity contribution in [2.75, 3.05) is 20.0 Å². The summed E-state index contributed by atoms with van der Waals surface area (Å²) in [5, 5.41) is 12.4. The number of rotatable bonds is 6. The Kier molecular flexibility index (Phi) is 6.38. The van der Waals surface area contributed by atoms with Gasteiger partial charge in [0, 0.05) is 0 Å². The number of hydrogen-bond acceptors (Lipinski definition) is 7. The van der Waals surface area contributed by atoms with Crippen LogP contribution in [0, 0.1) is 6.92 Å². The third-order valence-corrected chi connectivity index (χ3v) is 4.22. The SMILES string of the molecule is CCOc1c(Br)cc(/C=N\n2c(SC)nnc(C)c2=O)cc1OC. The number of thioether (sulfide) groups is 1. The highest BCUT2D eigenvalue weighted by molar-refractivity contribution is 9.10.